The molecular formula is C25H31N5O2. The minimum absolute atomic E-state index is 0.0361. The normalized spacial score (nSPS) is 15.2. The van der Waals surface area contributed by atoms with E-state index in [1.54, 1.807) is 17.0 Å². The second-order valence-electron chi connectivity index (χ2n) is 8.39. The maximum atomic E-state index is 13.0. The van der Waals surface area contributed by atoms with E-state index in [4.69, 9.17) is 0 Å². The van der Waals surface area contributed by atoms with Gasteiger partial charge < -0.3 is 9.80 Å². The highest BCUT2D eigenvalue weighted by Gasteiger charge is 2.28. The molecule has 3 aromatic rings. The number of imidazole rings is 1. The van der Waals surface area contributed by atoms with Gasteiger partial charge in [0.2, 0.25) is 5.91 Å². The highest BCUT2D eigenvalue weighted by atomic mass is 16.2. The molecule has 1 aliphatic rings. The number of likely N-dealkylation sites (tertiary alicyclic amines) is 1. The molecule has 0 spiro atoms. The Morgan fingerprint density at radius 2 is 1.75 bits per heavy atom. The van der Waals surface area contributed by atoms with Gasteiger partial charge in [-0.3, -0.25) is 18.9 Å². The largest absolute Gasteiger partial charge is 0.333 e. The zero-order chi connectivity index (χ0) is 22.7. The summed E-state index contributed by atoms with van der Waals surface area (Å²) in [6, 6.07) is 11.9. The summed E-state index contributed by atoms with van der Waals surface area (Å²) in [5, 5.41) is 0. The first-order chi connectivity index (χ1) is 15.5. The fourth-order valence-corrected chi connectivity index (χ4v) is 4.67. The molecule has 4 rings (SSSR count). The lowest BCUT2D eigenvalue weighted by molar-refractivity contribution is -0.119. The topological polar surface area (TPSA) is 63.4 Å². The van der Waals surface area contributed by atoms with E-state index in [-0.39, 0.29) is 17.6 Å². The number of pyridine rings is 1. The molecule has 0 bridgehead atoms. The molecule has 1 fully saturated rings. The first kappa shape index (κ1) is 22.0. The molecule has 0 unspecified atom stereocenters. The van der Waals surface area contributed by atoms with Gasteiger partial charge in [0.1, 0.15) is 0 Å². The van der Waals surface area contributed by atoms with Crippen LogP contribution in [0.5, 0.6) is 0 Å². The van der Waals surface area contributed by atoms with Crippen LogP contribution in [0.25, 0.3) is 16.7 Å². The van der Waals surface area contributed by atoms with Crippen LogP contribution >= 0.6 is 0 Å². The Bertz CT molecular complexity index is 1160. The highest BCUT2D eigenvalue weighted by molar-refractivity contribution is 5.93. The van der Waals surface area contributed by atoms with Gasteiger partial charge in [-0.25, -0.2) is 4.79 Å². The minimum Gasteiger partial charge on any atom is -0.309 e. The lowest BCUT2D eigenvalue weighted by atomic mass is 10.0. The van der Waals surface area contributed by atoms with Crippen LogP contribution in [0.3, 0.4) is 0 Å². The van der Waals surface area contributed by atoms with Crippen LogP contribution in [0.4, 0.5) is 5.69 Å². The van der Waals surface area contributed by atoms with Crippen molar-refractivity contribution in [2.24, 2.45) is 0 Å². The van der Waals surface area contributed by atoms with Crippen molar-refractivity contribution in [1.29, 1.82) is 0 Å². The van der Waals surface area contributed by atoms with Crippen LogP contribution in [-0.2, 0) is 11.3 Å². The first-order valence-corrected chi connectivity index (χ1v) is 11.3. The van der Waals surface area contributed by atoms with Crippen molar-refractivity contribution >= 4 is 28.3 Å². The Morgan fingerprint density at radius 3 is 2.38 bits per heavy atom. The second kappa shape index (κ2) is 9.53. The van der Waals surface area contributed by atoms with Crippen molar-refractivity contribution in [2.75, 3.05) is 24.5 Å². The molecule has 1 amide bonds. The highest BCUT2D eigenvalue weighted by Crippen LogP contribution is 2.24. The average molecular weight is 434 g/mol. The predicted molar refractivity (Wildman–Crippen MR) is 129 cm³/mol. The van der Waals surface area contributed by atoms with E-state index in [2.05, 4.69) is 16.5 Å². The molecule has 1 saturated heterocycles. The van der Waals surface area contributed by atoms with Gasteiger partial charge in [0.05, 0.1) is 11.0 Å². The number of rotatable bonds is 7. The molecule has 0 saturated carbocycles. The van der Waals surface area contributed by atoms with Gasteiger partial charge in [0, 0.05) is 62.4 Å². The standard InChI is InChI=1S/C25H31N5O2/c1-4-24(31)30(20-9-13-26-14-10-20)21-11-15-27(16-12-21)17-18-28-22-7-5-6-8-23(22)29(19(2)3)25(28)32/h5-10,13-14,21H,2,4,11-12,15-18H2,1,3H3. The lowest BCUT2D eigenvalue weighted by Crippen LogP contribution is -2.48. The van der Waals surface area contributed by atoms with E-state index in [1.807, 2.05) is 59.7 Å². The monoisotopic (exact) mass is 433 g/mol. The van der Waals surface area contributed by atoms with Crippen molar-refractivity contribution in [1.82, 2.24) is 19.0 Å². The number of aromatic nitrogens is 3. The molecule has 3 heterocycles. The van der Waals surface area contributed by atoms with Crippen LogP contribution in [0.1, 0.15) is 33.1 Å². The molecule has 0 radical (unpaired) electrons. The number of fused-ring (bicyclic) bond motifs is 1. The summed E-state index contributed by atoms with van der Waals surface area (Å²) in [4.78, 5) is 34.1. The van der Waals surface area contributed by atoms with Gasteiger partial charge in [0.25, 0.3) is 0 Å². The summed E-state index contributed by atoms with van der Waals surface area (Å²) in [6.07, 6.45) is 5.78. The van der Waals surface area contributed by atoms with Crippen molar-refractivity contribution in [3.63, 3.8) is 0 Å². The number of hydrogen-bond acceptors (Lipinski definition) is 4. The molecule has 7 nitrogen and oxygen atoms in total. The van der Waals surface area contributed by atoms with Crippen LogP contribution in [0, 0.1) is 0 Å². The van der Waals surface area contributed by atoms with Gasteiger partial charge in [-0.1, -0.05) is 25.6 Å². The SMILES string of the molecule is C=C(C)n1c(=O)n(CCN2CCC(N(C(=O)CC)c3ccncc3)CC2)c2ccccc21. The molecule has 168 valence electrons. The Balaban J connectivity index is 1.44. The van der Waals surface area contributed by atoms with Gasteiger partial charge in [-0.2, -0.15) is 0 Å². The van der Waals surface area contributed by atoms with E-state index < -0.39 is 0 Å². The summed E-state index contributed by atoms with van der Waals surface area (Å²) in [5.41, 5.74) is 3.44. The molecule has 2 aromatic heterocycles. The first-order valence-electron chi connectivity index (χ1n) is 11.3. The molecule has 1 aliphatic heterocycles. The Kier molecular flexibility index (Phi) is 6.55. The summed E-state index contributed by atoms with van der Waals surface area (Å²) in [6.45, 7) is 11.0. The van der Waals surface area contributed by atoms with Crippen LogP contribution < -0.4 is 10.6 Å². The van der Waals surface area contributed by atoms with E-state index in [1.165, 1.54) is 0 Å². The van der Waals surface area contributed by atoms with Gasteiger partial charge in [-0.05, 0) is 44.0 Å². The predicted octanol–water partition coefficient (Wildman–Crippen LogP) is 3.60. The van der Waals surface area contributed by atoms with Crippen molar-refractivity contribution < 1.29 is 4.79 Å². The summed E-state index contributed by atoms with van der Waals surface area (Å²) < 4.78 is 3.53. The number of benzene rings is 1. The van der Waals surface area contributed by atoms with E-state index >= 15 is 0 Å². The second-order valence-corrected chi connectivity index (χ2v) is 8.39. The lowest BCUT2D eigenvalue weighted by Gasteiger charge is -2.38. The fraction of sp³-hybridized carbons (Fsp3) is 0.400. The van der Waals surface area contributed by atoms with E-state index in [0.717, 1.165) is 54.9 Å². The number of para-hydroxylation sites is 2. The Labute approximate surface area is 188 Å². The van der Waals surface area contributed by atoms with Crippen molar-refractivity contribution in [3.05, 3.63) is 65.9 Å². The fourth-order valence-electron chi connectivity index (χ4n) is 4.67. The number of carbonyl (C=O) groups excluding carboxylic acids is 1. The van der Waals surface area contributed by atoms with Gasteiger partial charge in [0.15, 0.2) is 0 Å². The van der Waals surface area contributed by atoms with Gasteiger partial charge in [-0.15, -0.1) is 0 Å². The Morgan fingerprint density at radius 1 is 1.09 bits per heavy atom. The smallest absolute Gasteiger partial charge is 0.309 e. The zero-order valence-corrected chi connectivity index (χ0v) is 18.9. The number of hydrogen-bond donors (Lipinski definition) is 0. The van der Waals surface area contributed by atoms with Crippen molar-refractivity contribution in [3.8, 4) is 0 Å². The van der Waals surface area contributed by atoms with Crippen LogP contribution in [-0.4, -0.2) is 50.6 Å². The molecule has 1 aromatic carbocycles. The maximum absolute atomic E-state index is 13.0. The number of nitrogens with zero attached hydrogens (tertiary/aromatic N) is 5. The number of carbonyl (C=O) groups is 1. The average Bonchev–Trinajstić information content (AvgIpc) is 3.10. The van der Waals surface area contributed by atoms with E-state index in [0.29, 0.717) is 13.0 Å². The van der Waals surface area contributed by atoms with Crippen LogP contribution in [0.2, 0.25) is 0 Å². The third-order valence-electron chi connectivity index (χ3n) is 6.29. The third-order valence-corrected chi connectivity index (χ3v) is 6.29. The maximum Gasteiger partial charge on any atom is 0.333 e. The quantitative estimate of drug-likeness (QED) is 0.571. The summed E-state index contributed by atoms with van der Waals surface area (Å²) in [7, 11) is 0. The van der Waals surface area contributed by atoms with E-state index in [9.17, 15) is 9.59 Å². The molecule has 32 heavy (non-hydrogen) atoms. The summed E-state index contributed by atoms with van der Waals surface area (Å²) >= 11 is 0. The van der Waals surface area contributed by atoms with Crippen molar-refractivity contribution in [2.45, 2.75) is 45.7 Å². The number of amides is 1. The summed E-state index contributed by atoms with van der Waals surface area (Å²) in [5.74, 6) is 0.147. The number of anilines is 1. The third kappa shape index (κ3) is 4.25. The number of allylic oxidation sites excluding steroid dienone is 1. The minimum atomic E-state index is -0.0361. The zero-order valence-electron chi connectivity index (χ0n) is 18.9. The molecule has 7 heteroatoms. The molecular weight excluding hydrogens is 402 g/mol. The Hall–Kier alpha value is -3.19. The molecule has 0 atom stereocenters. The molecule has 0 N–H and O–H groups in total. The number of piperidine rings is 1. The van der Waals surface area contributed by atoms with Gasteiger partial charge >= 0.3 is 5.69 Å². The molecule has 0 aliphatic carbocycles. The van der Waals surface area contributed by atoms with Crippen LogP contribution in [0.15, 0.2) is 60.2 Å².